The first kappa shape index (κ1) is 17.3. The van der Waals surface area contributed by atoms with Crippen LogP contribution in [0.25, 0.3) is 61.0 Å². The van der Waals surface area contributed by atoms with Crippen LogP contribution in [0.15, 0.2) is 108 Å². The number of pyridine rings is 1. The van der Waals surface area contributed by atoms with Crippen molar-refractivity contribution in [2.45, 2.75) is 0 Å². The molecule has 0 saturated carbocycles. The second-order valence-electron chi connectivity index (χ2n) is 7.90. The van der Waals surface area contributed by atoms with Crippen LogP contribution in [0.4, 0.5) is 0 Å². The summed E-state index contributed by atoms with van der Waals surface area (Å²) in [7, 11) is 0. The van der Waals surface area contributed by atoms with E-state index in [-0.39, 0.29) is 0 Å². The van der Waals surface area contributed by atoms with Gasteiger partial charge in [-0.1, -0.05) is 60.7 Å². The molecule has 0 atom stereocenters. The number of para-hydroxylation sites is 2. The van der Waals surface area contributed by atoms with Crippen LogP contribution in [0.1, 0.15) is 0 Å². The summed E-state index contributed by atoms with van der Waals surface area (Å²) in [5, 5.41) is 4.48. The van der Waals surface area contributed by atoms with Crippen molar-refractivity contribution < 1.29 is 4.42 Å². The summed E-state index contributed by atoms with van der Waals surface area (Å²) >= 11 is 0. The van der Waals surface area contributed by atoms with Crippen molar-refractivity contribution in [3.05, 3.63) is 103 Å². The molecule has 150 valence electrons. The molecule has 7 rings (SSSR count). The van der Waals surface area contributed by atoms with Gasteiger partial charge in [-0.15, -0.1) is 0 Å². The average molecular weight is 411 g/mol. The largest absolute Gasteiger partial charge is 0.455 e. The van der Waals surface area contributed by atoms with Gasteiger partial charge >= 0.3 is 0 Å². The molecule has 0 aliphatic carbocycles. The molecule has 3 heterocycles. The minimum Gasteiger partial charge on any atom is -0.455 e. The van der Waals surface area contributed by atoms with Gasteiger partial charge in [-0.05, 0) is 41.8 Å². The first-order valence-corrected chi connectivity index (χ1v) is 10.6. The van der Waals surface area contributed by atoms with Crippen LogP contribution in [0.3, 0.4) is 0 Å². The number of nitrogens with zero attached hydrogens (tertiary/aromatic N) is 3. The van der Waals surface area contributed by atoms with E-state index in [0.29, 0.717) is 5.65 Å². The Balaban J connectivity index is 1.61. The number of rotatable bonds is 2. The third-order valence-electron chi connectivity index (χ3n) is 6.07. The zero-order valence-electron chi connectivity index (χ0n) is 17.1. The van der Waals surface area contributed by atoms with Crippen molar-refractivity contribution in [2.75, 3.05) is 0 Å². The van der Waals surface area contributed by atoms with E-state index < -0.39 is 0 Å². The van der Waals surface area contributed by atoms with Crippen molar-refractivity contribution in [3.63, 3.8) is 0 Å². The molecule has 4 aromatic carbocycles. The lowest BCUT2D eigenvalue weighted by molar-refractivity contribution is 0.673. The molecular formula is C28H17N3O. The molecule has 0 saturated heterocycles. The predicted octanol–water partition coefficient (Wildman–Crippen LogP) is 7.14. The second-order valence-corrected chi connectivity index (χ2v) is 7.90. The third kappa shape index (κ3) is 2.38. The highest BCUT2D eigenvalue weighted by Crippen LogP contribution is 2.39. The molecule has 7 aromatic rings. The predicted molar refractivity (Wildman–Crippen MR) is 129 cm³/mol. The standard InChI is InChI=1S/C28H17N3O/c1-2-9-19(10-3-1)31-24-14-7-17-29-27(24)30-28(31)23-13-6-12-21-22-16-15-18-8-4-5-11-20(18)25(22)32-26(21)23/h1-17H. The van der Waals surface area contributed by atoms with Gasteiger partial charge in [0, 0.05) is 28.0 Å². The summed E-state index contributed by atoms with van der Waals surface area (Å²) in [4.78, 5) is 9.45. The van der Waals surface area contributed by atoms with Gasteiger partial charge < -0.3 is 4.42 Å². The zero-order chi connectivity index (χ0) is 21.1. The Bertz CT molecular complexity index is 1780. The maximum Gasteiger partial charge on any atom is 0.178 e. The summed E-state index contributed by atoms with van der Waals surface area (Å²) in [5.41, 5.74) is 5.41. The highest BCUT2D eigenvalue weighted by Gasteiger charge is 2.20. The van der Waals surface area contributed by atoms with Gasteiger partial charge in [-0.3, -0.25) is 4.57 Å². The number of hydrogen-bond acceptors (Lipinski definition) is 3. The fourth-order valence-electron chi connectivity index (χ4n) is 4.63. The van der Waals surface area contributed by atoms with E-state index in [4.69, 9.17) is 9.40 Å². The number of benzene rings is 4. The van der Waals surface area contributed by atoms with Gasteiger partial charge in [-0.2, -0.15) is 0 Å². The van der Waals surface area contributed by atoms with Crippen LogP contribution in [0, 0.1) is 0 Å². The maximum atomic E-state index is 6.56. The Morgan fingerprint density at radius 3 is 2.38 bits per heavy atom. The molecule has 0 spiro atoms. The van der Waals surface area contributed by atoms with Crippen LogP contribution in [0.5, 0.6) is 0 Å². The van der Waals surface area contributed by atoms with Crippen molar-refractivity contribution >= 4 is 43.9 Å². The van der Waals surface area contributed by atoms with Crippen molar-refractivity contribution in [3.8, 4) is 17.1 Å². The summed E-state index contributed by atoms with van der Waals surface area (Å²) in [6.07, 6.45) is 1.78. The molecule has 0 radical (unpaired) electrons. The van der Waals surface area contributed by atoms with Crippen LogP contribution in [-0.2, 0) is 0 Å². The maximum absolute atomic E-state index is 6.56. The quantitative estimate of drug-likeness (QED) is 0.304. The van der Waals surface area contributed by atoms with Gasteiger partial charge in [0.25, 0.3) is 0 Å². The molecular weight excluding hydrogens is 394 g/mol. The minimum atomic E-state index is 0.713. The minimum absolute atomic E-state index is 0.713. The zero-order valence-corrected chi connectivity index (χ0v) is 17.1. The molecule has 0 unspecified atom stereocenters. The van der Waals surface area contributed by atoms with Crippen LogP contribution in [0.2, 0.25) is 0 Å². The van der Waals surface area contributed by atoms with Crippen LogP contribution in [-0.4, -0.2) is 14.5 Å². The normalized spacial score (nSPS) is 11.8. The smallest absolute Gasteiger partial charge is 0.178 e. The molecule has 4 heteroatoms. The molecule has 0 aliphatic heterocycles. The first-order chi connectivity index (χ1) is 15.9. The summed E-state index contributed by atoms with van der Waals surface area (Å²) in [5.74, 6) is 0.818. The number of hydrogen-bond donors (Lipinski definition) is 0. The topological polar surface area (TPSA) is 43.9 Å². The Morgan fingerprint density at radius 1 is 0.625 bits per heavy atom. The fourth-order valence-corrected chi connectivity index (χ4v) is 4.63. The molecule has 4 nitrogen and oxygen atoms in total. The van der Waals surface area contributed by atoms with Crippen LogP contribution >= 0.6 is 0 Å². The Labute approximate surface area is 183 Å². The highest BCUT2D eigenvalue weighted by molar-refractivity contribution is 6.17. The van der Waals surface area contributed by atoms with E-state index in [1.54, 1.807) is 6.20 Å². The van der Waals surface area contributed by atoms with Gasteiger partial charge in [0.15, 0.2) is 11.5 Å². The van der Waals surface area contributed by atoms with Crippen molar-refractivity contribution in [1.82, 2.24) is 14.5 Å². The highest BCUT2D eigenvalue weighted by atomic mass is 16.3. The number of imidazole rings is 1. The average Bonchev–Trinajstić information content (AvgIpc) is 3.43. The fraction of sp³-hybridized carbons (Fsp3) is 0. The molecule has 0 bridgehead atoms. The number of aromatic nitrogens is 3. The van der Waals surface area contributed by atoms with Gasteiger partial charge in [0.2, 0.25) is 0 Å². The van der Waals surface area contributed by atoms with E-state index in [1.807, 2.05) is 24.3 Å². The number of fused-ring (bicyclic) bond motifs is 6. The van der Waals surface area contributed by atoms with E-state index >= 15 is 0 Å². The third-order valence-corrected chi connectivity index (χ3v) is 6.07. The lowest BCUT2D eigenvalue weighted by atomic mass is 10.0. The van der Waals surface area contributed by atoms with Crippen molar-refractivity contribution in [2.24, 2.45) is 0 Å². The SMILES string of the molecule is c1ccc(-n2c(-c3cccc4c3oc3c5ccccc5ccc43)nc3ncccc32)cc1. The second kappa shape index (κ2) is 6.53. The lowest BCUT2D eigenvalue weighted by Crippen LogP contribution is -1.97. The molecule has 0 N–H and O–H groups in total. The van der Waals surface area contributed by atoms with E-state index in [1.165, 1.54) is 5.39 Å². The van der Waals surface area contributed by atoms with Gasteiger partial charge in [0.1, 0.15) is 11.2 Å². The summed E-state index contributed by atoms with van der Waals surface area (Å²) < 4.78 is 8.72. The molecule has 0 fully saturated rings. The summed E-state index contributed by atoms with van der Waals surface area (Å²) in [6.45, 7) is 0. The van der Waals surface area contributed by atoms with E-state index in [0.717, 1.165) is 49.9 Å². The van der Waals surface area contributed by atoms with E-state index in [9.17, 15) is 0 Å². The van der Waals surface area contributed by atoms with Gasteiger partial charge in [-0.25, -0.2) is 9.97 Å². The summed E-state index contributed by atoms with van der Waals surface area (Å²) in [6, 6.07) is 33.2. The lowest BCUT2D eigenvalue weighted by Gasteiger charge is -2.09. The number of furan rings is 1. The Hall–Kier alpha value is -4.44. The van der Waals surface area contributed by atoms with Crippen molar-refractivity contribution in [1.29, 1.82) is 0 Å². The molecule has 3 aromatic heterocycles. The van der Waals surface area contributed by atoms with Gasteiger partial charge in [0.05, 0.1) is 11.1 Å². The van der Waals surface area contributed by atoms with Crippen LogP contribution < -0.4 is 0 Å². The Morgan fingerprint density at radius 2 is 1.44 bits per heavy atom. The first-order valence-electron chi connectivity index (χ1n) is 10.6. The monoisotopic (exact) mass is 411 g/mol. The molecule has 0 aliphatic rings. The molecule has 0 amide bonds. The Kier molecular flexibility index (Phi) is 3.52. The van der Waals surface area contributed by atoms with E-state index in [2.05, 4.69) is 82.3 Å². The molecule has 32 heavy (non-hydrogen) atoms.